The van der Waals surface area contributed by atoms with Crippen LogP contribution in [0.5, 0.6) is 0 Å². The van der Waals surface area contributed by atoms with Gasteiger partial charge in [0.15, 0.2) is 5.82 Å². The van der Waals surface area contributed by atoms with Crippen LogP contribution in [0.2, 0.25) is 0 Å². The Hall–Kier alpha value is -2.10. The van der Waals surface area contributed by atoms with Crippen LogP contribution >= 0.6 is 0 Å². The highest BCUT2D eigenvalue weighted by Gasteiger charge is 2.06. The third kappa shape index (κ3) is 1.93. The number of rotatable bonds is 3. The van der Waals surface area contributed by atoms with Gasteiger partial charge in [-0.2, -0.15) is 4.98 Å². The van der Waals surface area contributed by atoms with Gasteiger partial charge in [0, 0.05) is 23.5 Å². The summed E-state index contributed by atoms with van der Waals surface area (Å²) in [6.07, 6.45) is 3.74. The number of aromatic nitrogens is 3. The first-order valence-corrected chi connectivity index (χ1v) is 5.67. The van der Waals surface area contributed by atoms with E-state index in [0.29, 0.717) is 11.7 Å². The van der Waals surface area contributed by atoms with Gasteiger partial charge in [-0.1, -0.05) is 23.4 Å². The number of nitrogens with one attached hydrogen (secondary N) is 1. The molecule has 0 bridgehead atoms. The van der Waals surface area contributed by atoms with Gasteiger partial charge in [0.1, 0.15) is 0 Å². The normalized spacial score (nSPS) is 11.1. The van der Waals surface area contributed by atoms with Crippen LogP contribution in [0.25, 0.3) is 10.9 Å². The maximum Gasteiger partial charge on any atom is 0.226 e. The quantitative estimate of drug-likeness (QED) is 0.748. The first-order chi connectivity index (χ1) is 8.33. The van der Waals surface area contributed by atoms with Crippen molar-refractivity contribution in [2.45, 2.75) is 19.8 Å². The maximum atomic E-state index is 5.10. The molecule has 0 atom stereocenters. The standard InChI is InChI=1S/C13H13N3O/c1-9-15-13(17-16-9)7-6-10-8-14-12-5-3-2-4-11(10)12/h2-5,8,14H,6-7H2,1H3. The summed E-state index contributed by atoms with van der Waals surface area (Å²) < 4.78 is 5.10. The molecule has 0 aliphatic carbocycles. The molecule has 3 aromatic rings. The molecular weight excluding hydrogens is 214 g/mol. The molecule has 17 heavy (non-hydrogen) atoms. The van der Waals surface area contributed by atoms with Crippen molar-refractivity contribution in [2.24, 2.45) is 0 Å². The molecule has 0 aliphatic heterocycles. The van der Waals surface area contributed by atoms with Gasteiger partial charge in [-0.15, -0.1) is 0 Å². The van der Waals surface area contributed by atoms with Gasteiger partial charge < -0.3 is 9.51 Å². The molecule has 0 saturated carbocycles. The van der Waals surface area contributed by atoms with Crippen molar-refractivity contribution in [3.63, 3.8) is 0 Å². The lowest BCUT2D eigenvalue weighted by Crippen LogP contribution is -1.90. The second-order valence-electron chi connectivity index (χ2n) is 4.09. The predicted octanol–water partition coefficient (Wildman–Crippen LogP) is 2.64. The average Bonchev–Trinajstić information content (AvgIpc) is 2.93. The molecular formula is C13H13N3O. The number of hydrogen-bond acceptors (Lipinski definition) is 3. The van der Waals surface area contributed by atoms with Gasteiger partial charge >= 0.3 is 0 Å². The molecule has 0 saturated heterocycles. The van der Waals surface area contributed by atoms with E-state index in [2.05, 4.69) is 33.3 Å². The monoisotopic (exact) mass is 227 g/mol. The van der Waals surface area contributed by atoms with Crippen molar-refractivity contribution in [2.75, 3.05) is 0 Å². The first kappa shape index (κ1) is 10.1. The Morgan fingerprint density at radius 1 is 1.24 bits per heavy atom. The van der Waals surface area contributed by atoms with Crippen molar-refractivity contribution in [3.8, 4) is 0 Å². The molecule has 1 aromatic carbocycles. The lowest BCUT2D eigenvalue weighted by molar-refractivity contribution is 0.375. The third-order valence-corrected chi connectivity index (χ3v) is 2.85. The summed E-state index contributed by atoms with van der Waals surface area (Å²) in [6.45, 7) is 1.83. The average molecular weight is 227 g/mol. The SMILES string of the molecule is Cc1noc(CCc2c[nH]c3ccccc23)n1. The van der Waals surface area contributed by atoms with Gasteiger partial charge in [-0.25, -0.2) is 0 Å². The second kappa shape index (κ2) is 4.05. The molecule has 86 valence electrons. The number of aromatic amines is 1. The molecule has 0 unspecified atom stereocenters. The van der Waals surface area contributed by atoms with Crippen LogP contribution in [-0.2, 0) is 12.8 Å². The van der Waals surface area contributed by atoms with Crippen LogP contribution in [0.15, 0.2) is 35.0 Å². The highest BCUT2D eigenvalue weighted by atomic mass is 16.5. The van der Waals surface area contributed by atoms with Crippen LogP contribution in [-0.4, -0.2) is 15.1 Å². The number of hydrogen-bond donors (Lipinski definition) is 1. The Morgan fingerprint density at radius 3 is 2.94 bits per heavy atom. The van der Waals surface area contributed by atoms with Crippen molar-refractivity contribution < 1.29 is 4.52 Å². The van der Waals surface area contributed by atoms with Gasteiger partial charge in [-0.3, -0.25) is 0 Å². The second-order valence-corrected chi connectivity index (χ2v) is 4.09. The topological polar surface area (TPSA) is 54.7 Å². The Balaban J connectivity index is 1.81. The summed E-state index contributed by atoms with van der Waals surface area (Å²) in [5.74, 6) is 1.40. The fourth-order valence-corrected chi connectivity index (χ4v) is 2.02. The van der Waals surface area contributed by atoms with Crippen molar-refractivity contribution in [1.82, 2.24) is 15.1 Å². The van der Waals surface area contributed by atoms with E-state index in [4.69, 9.17) is 4.52 Å². The molecule has 2 heterocycles. The zero-order valence-corrected chi connectivity index (χ0v) is 9.60. The molecule has 0 amide bonds. The summed E-state index contributed by atoms with van der Waals surface area (Å²) in [7, 11) is 0. The molecule has 4 nitrogen and oxygen atoms in total. The minimum Gasteiger partial charge on any atom is -0.361 e. The highest BCUT2D eigenvalue weighted by Crippen LogP contribution is 2.19. The zero-order chi connectivity index (χ0) is 11.7. The fraction of sp³-hybridized carbons (Fsp3) is 0.231. The summed E-state index contributed by atoms with van der Waals surface area (Å²) >= 11 is 0. The van der Waals surface area contributed by atoms with E-state index in [-0.39, 0.29) is 0 Å². The van der Waals surface area contributed by atoms with Crippen LogP contribution < -0.4 is 0 Å². The summed E-state index contributed by atoms with van der Waals surface area (Å²) in [5.41, 5.74) is 2.46. The van der Waals surface area contributed by atoms with E-state index in [9.17, 15) is 0 Å². The lowest BCUT2D eigenvalue weighted by atomic mass is 10.1. The Morgan fingerprint density at radius 2 is 2.12 bits per heavy atom. The van der Waals surface area contributed by atoms with Gasteiger partial charge in [0.2, 0.25) is 5.89 Å². The van der Waals surface area contributed by atoms with E-state index < -0.39 is 0 Å². The largest absolute Gasteiger partial charge is 0.361 e. The molecule has 4 heteroatoms. The van der Waals surface area contributed by atoms with E-state index in [1.54, 1.807) is 0 Å². The van der Waals surface area contributed by atoms with Crippen LogP contribution in [0.3, 0.4) is 0 Å². The maximum absolute atomic E-state index is 5.10. The van der Waals surface area contributed by atoms with Gasteiger partial charge in [-0.05, 0) is 25.0 Å². The number of aryl methyl sites for hydroxylation is 3. The van der Waals surface area contributed by atoms with E-state index in [1.807, 2.05) is 19.2 Å². The Kier molecular flexibility index (Phi) is 2.40. The fourth-order valence-electron chi connectivity index (χ4n) is 2.02. The third-order valence-electron chi connectivity index (χ3n) is 2.85. The van der Waals surface area contributed by atoms with Crippen molar-refractivity contribution in [1.29, 1.82) is 0 Å². The molecule has 3 rings (SSSR count). The minimum atomic E-state index is 0.693. The van der Waals surface area contributed by atoms with Crippen LogP contribution in [0.1, 0.15) is 17.3 Å². The van der Waals surface area contributed by atoms with Gasteiger partial charge in [0.25, 0.3) is 0 Å². The molecule has 0 radical (unpaired) electrons. The molecule has 0 aliphatic rings. The van der Waals surface area contributed by atoms with Crippen molar-refractivity contribution >= 4 is 10.9 Å². The van der Waals surface area contributed by atoms with Crippen LogP contribution in [0, 0.1) is 6.92 Å². The predicted molar refractivity (Wildman–Crippen MR) is 64.7 cm³/mol. The Labute approximate surface area is 98.7 Å². The van der Waals surface area contributed by atoms with E-state index in [0.717, 1.165) is 12.8 Å². The number of nitrogens with zero attached hydrogens (tertiary/aromatic N) is 2. The number of H-pyrrole nitrogens is 1. The molecule has 2 aromatic heterocycles. The van der Waals surface area contributed by atoms with E-state index >= 15 is 0 Å². The molecule has 1 N–H and O–H groups in total. The first-order valence-electron chi connectivity index (χ1n) is 5.67. The van der Waals surface area contributed by atoms with Crippen molar-refractivity contribution in [3.05, 3.63) is 47.7 Å². The number of benzene rings is 1. The highest BCUT2D eigenvalue weighted by molar-refractivity contribution is 5.83. The summed E-state index contributed by atoms with van der Waals surface area (Å²) in [4.78, 5) is 7.47. The minimum absolute atomic E-state index is 0.693. The van der Waals surface area contributed by atoms with E-state index in [1.165, 1.54) is 16.5 Å². The number of fused-ring (bicyclic) bond motifs is 1. The number of para-hydroxylation sites is 1. The Bertz CT molecular complexity index is 639. The smallest absolute Gasteiger partial charge is 0.226 e. The molecule has 0 fully saturated rings. The van der Waals surface area contributed by atoms with Crippen LogP contribution in [0.4, 0.5) is 0 Å². The molecule has 0 spiro atoms. The lowest BCUT2D eigenvalue weighted by Gasteiger charge is -1.95. The zero-order valence-electron chi connectivity index (χ0n) is 9.60. The summed E-state index contributed by atoms with van der Waals surface area (Å²) in [5, 5.41) is 5.05. The summed E-state index contributed by atoms with van der Waals surface area (Å²) in [6, 6.07) is 8.29. The van der Waals surface area contributed by atoms with Gasteiger partial charge in [0.05, 0.1) is 0 Å².